The minimum atomic E-state index is -6.84. The van der Waals surface area contributed by atoms with E-state index in [0.29, 0.717) is 0 Å². The van der Waals surface area contributed by atoms with E-state index in [2.05, 4.69) is 0 Å². The first-order chi connectivity index (χ1) is 6.65. The maximum Gasteiger partial charge on any atom is 0.460 e. The zero-order valence-electron chi connectivity index (χ0n) is 6.99. The summed E-state index contributed by atoms with van der Waals surface area (Å²) < 4.78 is 118. The van der Waals surface area contributed by atoms with Crippen molar-refractivity contribution in [1.29, 1.82) is 0 Å². The molecule has 10 heteroatoms. The van der Waals surface area contributed by atoms with Gasteiger partial charge < -0.3 is 0 Å². The van der Waals surface area contributed by atoms with Gasteiger partial charge in [0, 0.05) is 0 Å². The Labute approximate surface area is 81.5 Å². The zero-order chi connectivity index (χ0) is 13.6. The Kier molecular flexibility index (Phi) is 3.31. The van der Waals surface area contributed by atoms with Crippen molar-refractivity contribution in [3.8, 4) is 0 Å². The summed E-state index contributed by atoms with van der Waals surface area (Å²) in [6, 6.07) is 0. The summed E-state index contributed by atoms with van der Waals surface area (Å²) in [6.45, 7) is 1.52. The molecule has 16 heavy (non-hydrogen) atoms. The van der Waals surface area contributed by atoms with Gasteiger partial charge in [0.05, 0.1) is 0 Å². The normalized spacial score (nSPS) is 15.1. The number of halogens is 10. The molecule has 0 bridgehead atoms. The highest BCUT2D eigenvalue weighted by Gasteiger charge is 2.76. The highest BCUT2D eigenvalue weighted by Crippen LogP contribution is 2.52. The summed E-state index contributed by atoms with van der Waals surface area (Å²) in [6.07, 6.45) is -12.9. The van der Waals surface area contributed by atoms with Crippen LogP contribution in [0.3, 0.4) is 0 Å². The van der Waals surface area contributed by atoms with Gasteiger partial charge in [-0.15, -0.1) is 0 Å². The summed E-state index contributed by atoms with van der Waals surface area (Å²) in [5, 5.41) is 0. The van der Waals surface area contributed by atoms with Gasteiger partial charge in [-0.2, -0.15) is 43.9 Å². The first-order valence-corrected chi connectivity index (χ1v) is 3.24. The maximum atomic E-state index is 12.3. The van der Waals surface area contributed by atoms with Crippen LogP contribution in [0, 0.1) is 0 Å². The van der Waals surface area contributed by atoms with Gasteiger partial charge in [-0.05, 0) is 0 Å². The van der Waals surface area contributed by atoms with Crippen LogP contribution in [0.2, 0.25) is 0 Å². The van der Waals surface area contributed by atoms with E-state index in [1.54, 1.807) is 0 Å². The standard InChI is InChI=1S/C6H2F10/c1-2(4(9,10)11)3(7,8)5(12,13)6(14,15)16/h1H2. The van der Waals surface area contributed by atoms with Crippen LogP contribution in [0.5, 0.6) is 0 Å². The number of allylic oxidation sites excluding steroid dienone is 1. The van der Waals surface area contributed by atoms with Crippen LogP contribution in [0.15, 0.2) is 12.2 Å². The maximum absolute atomic E-state index is 12.3. The van der Waals surface area contributed by atoms with Crippen molar-refractivity contribution in [1.82, 2.24) is 0 Å². The predicted molar refractivity (Wildman–Crippen MR) is 31.1 cm³/mol. The van der Waals surface area contributed by atoms with Crippen molar-refractivity contribution in [2.24, 2.45) is 0 Å². The molecule has 96 valence electrons. The Morgan fingerprint density at radius 3 is 1.19 bits per heavy atom. The van der Waals surface area contributed by atoms with Crippen molar-refractivity contribution in [2.75, 3.05) is 0 Å². The van der Waals surface area contributed by atoms with Crippen molar-refractivity contribution < 1.29 is 43.9 Å². The van der Waals surface area contributed by atoms with Gasteiger partial charge in [0.15, 0.2) is 0 Å². The molecule has 0 heterocycles. The van der Waals surface area contributed by atoms with Crippen LogP contribution < -0.4 is 0 Å². The predicted octanol–water partition coefficient (Wildman–Crippen LogP) is 3.94. The van der Waals surface area contributed by atoms with E-state index in [0.717, 1.165) is 0 Å². The van der Waals surface area contributed by atoms with Crippen LogP contribution in [0.4, 0.5) is 43.9 Å². The zero-order valence-corrected chi connectivity index (χ0v) is 6.99. The van der Waals surface area contributed by atoms with E-state index in [9.17, 15) is 43.9 Å². The summed E-state index contributed by atoms with van der Waals surface area (Å²) >= 11 is 0. The molecule has 0 nitrogen and oxygen atoms in total. The molecule has 0 spiro atoms. The average molecular weight is 264 g/mol. The van der Waals surface area contributed by atoms with Gasteiger partial charge in [0.25, 0.3) is 0 Å². The monoisotopic (exact) mass is 264 g/mol. The van der Waals surface area contributed by atoms with E-state index >= 15 is 0 Å². The van der Waals surface area contributed by atoms with E-state index in [-0.39, 0.29) is 0 Å². The van der Waals surface area contributed by atoms with E-state index in [4.69, 9.17) is 0 Å². The van der Waals surface area contributed by atoms with Gasteiger partial charge in [0.1, 0.15) is 5.57 Å². The number of hydrogen-bond acceptors (Lipinski definition) is 0. The smallest absolute Gasteiger partial charge is 0.194 e. The van der Waals surface area contributed by atoms with Crippen molar-refractivity contribution in [3.63, 3.8) is 0 Å². The highest BCUT2D eigenvalue weighted by molar-refractivity contribution is 5.20. The second-order valence-electron chi connectivity index (χ2n) is 2.62. The molecular formula is C6H2F10. The van der Waals surface area contributed by atoms with Gasteiger partial charge in [-0.3, -0.25) is 0 Å². The fraction of sp³-hybridized carbons (Fsp3) is 0.667. The van der Waals surface area contributed by atoms with E-state index in [1.165, 1.54) is 6.58 Å². The second kappa shape index (κ2) is 3.52. The van der Waals surface area contributed by atoms with Crippen molar-refractivity contribution >= 4 is 0 Å². The van der Waals surface area contributed by atoms with Crippen LogP contribution in [0.25, 0.3) is 0 Å². The van der Waals surface area contributed by atoms with Gasteiger partial charge >= 0.3 is 24.2 Å². The third-order valence-electron chi connectivity index (χ3n) is 1.47. The third-order valence-corrected chi connectivity index (χ3v) is 1.47. The highest BCUT2D eigenvalue weighted by atomic mass is 19.4. The number of hydrogen-bond donors (Lipinski definition) is 0. The number of alkyl halides is 10. The Hall–Kier alpha value is -0.960. The van der Waals surface area contributed by atoms with Crippen molar-refractivity contribution in [2.45, 2.75) is 24.2 Å². The molecule has 0 N–H and O–H groups in total. The molecule has 0 saturated heterocycles. The van der Waals surface area contributed by atoms with Crippen LogP contribution in [-0.4, -0.2) is 24.2 Å². The first kappa shape index (κ1) is 15.0. The molecule has 0 amide bonds. The lowest BCUT2D eigenvalue weighted by Crippen LogP contribution is -2.54. The molecular weight excluding hydrogens is 262 g/mol. The molecule has 0 aromatic carbocycles. The Morgan fingerprint density at radius 1 is 0.688 bits per heavy atom. The molecule has 0 aromatic rings. The molecule has 0 aliphatic rings. The molecule has 0 atom stereocenters. The molecule has 0 unspecified atom stereocenters. The molecule has 0 aliphatic carbocycles. The summed E-state index contributed by atoms with van der Waals surface area (Å²) in [4.78, 5) is 0. The van der Waals surface area contributed by atoms with Crippen molar-refractivity contribution in [3.05, 3.63) is 12.2 Å². The largest absolute Gasteiger partial charge is 0.460 e. The second-order valence-corrected chi connectivity index (χ2v) is 2.62. The molecule has 0 radical (unpaired) electrons. The fourth-order valence-electron chi connectivity index (χ4n) is 0.546. The van der Waals surface area contributed by atoms with Gasteiger partial charge in [0.2, 0.25) is 0 Å². The molecule has 0 rings (SSSR count). The Balaban J connectivity index is 5.46. The summed E-state index contributed by atoms with van der Waals surface area (Å²) in [7, 11) is 0. The van der Waals surface area contributed by atoms with E-state index in [1.807, 2.05) is 0 Å². The third kappa shape index (κ3) is 2.24. The molecule has 0 saturated carbocycles. The van der Waals surface area contributed by atoms with Crippen LogP contribution >= 0.6 is 0 Å². The topological polar surface area (TPSA) is 0 Å². The summed E-state index contributed by atoms with van der Waals surface area (Å²) in [5.74, 6) is -13.3. The lowest BCUT2D eigenvalue weighted by atomic mass is 10.0. The van der Waals surface area contributed by atoms with E-state index < -0.39 is 29.8 Å². The lowest BCUT2D eigenvalue weighted by molar-refractivity contribution is -0.350. The minimum absolute atomic E-state index is 1.52. The minimum Gasteiger partial charge on any atom is -0.194 e. The van der Waals surface area contributed by atoms with Crippen LogP contribution in [0.1, 0.15) is 0 Å². The van der Waals surface area contributed by atoms with Gasteiger partial charge in [-0.1, -0.05) is 6.58 Å². The Bertz CT molecular complexity index is 279. The molecule has 0 fully saturated rings. The van der Waals surface area contributed by atoms with Gasteiger partial charge in [-0.25, -0.2) is 0 Å². The Morgan fingerprint density at radius 2 is 1.00 bits per heavy atom. The first-order valence-electron chi connectivity index (χ1n) is 3.24. The number of rotatable bonds is 2. The quantitative estimate of drug-likeness (QED) is 0.523. The lowest BCUT2D eigenvalue weighted by Gasteiger charge is -2.30. The molecule has 0 aromatic heterocycles. The molecule has 0 aliphatic heterocycles. The average Bonchev–Trinajstić information content (AvgIpc) is 1.98. The SMILES string of the molecule is C=C(C(F)(F)F)C(F)(F)C(F)(F)C(F)(F)F. The fourth-order valence-corrected chi connectivity index (χ4v) is 0.546. The summed E-state index contributed by atoms with van der Waals surface area (Å²) in [5.41, 5.74) is -3.46. The van der Waals surface area contributed by atoms with Crippen LogP contribution in [-0.2, 0) is 0 Å².